The minimum Gasteiger partial charge on any atom is -0.493 e. The predicted octanol–water partition coefficient (Wildman–Crippen LogP) is 8.60. The summed E-state index contributed by atoms with van der Waals surface area (Å²) >= 11 is 8.93. The van der Waals surface area contributed by atoms with Crippen molar-refractivity contribution in [3.05, 3.63) is 34.4 Å². The van der Waals surface area contributed by atoms with Gasteiger partial charge in [0.25, 0.3) is 0 Å². The summed E-state index contributed by atoms with van der Waals surface area (Å²) in [7, 11) is 0. The van der Waals surface area contributed by atoms with Crippen LogP contribution in [0.5, 0.6) is 11.6 Å². The van der Waals surface area contributed by atoms with Crippen molar-refractivity contribution in [1.29, 1.82) is 5.26 Å². The van der Waals surface area contributed by atoms with Crippen LogP contribution in [0.15, 0.2) is 17.3 Å². The molecule has 4 heterocycles. The number of carbonyl (C=O) groups is 2. The molecule has 282 valence electrons. The molecule has 2 aromatic carbocycles. The van der Waals surface area contributed by atoms with Gasteiger partial charge in [-0.3, -0.25) is 10.2 Å². The minimum absolute atomic E-state index is 0.00924. The lowest BCUT2D eigenvalue weighted by Gasteiger charge is -2.43. The molecule has 4 aromatic rings. The van der Waals surface area contributed by atoms with E-state index in [2.05, 4.69) is 20.6 Å². The maximum atomic E-state index is 17.0. The number of piperazine rings is 1. The molecular weight excluding hydrogens is 750 g/mol. The molecule has 2 amide bonds. The second-order valence-electron chi connectivity index (χ2n) is 14.9. The minimum atomic E-state index is -0.979. The Bertz CT molecular complexity index is 2180. The number of halogens is 3. The van der Waals surface area contributed by atoms with Gasteiger partial charge in [-0.2, -0.15) is 10.2 Å². The number of aromatic nitrogens is 2. The molecule has 53 heavy (non-hydrogen) atoms. The third-order valence-corrected chi connectivity index (χ3v) is 10.9. The van der Waals surface area contributed by atoms with Crippen LogP contribution >= 0.6 is 34.7 Å². The number of hydrogen-bond donors (Lipinski definition) is 3. The zero-order chi connectivity index (χ0) is 38.7. The molecular formula is C36H39ClF2N6O6S2. The molecule has 6 rings (SSSR count). The van der Waals surface area contributed by atoms with Gasteiger partial charge in [0.2, 0.25) is 5.88 Å². The van der Waals surface area contributed by atoms with Crippen LogP contribution in [0.3, 0.4) is 0 Å². The van der Waals surface area contributed by atoms with Crippen molar-refractivity contribution in [2.24, 2.45) is 0 Å². The fourth-order valence-corrected chi connectivity index (χ4v) is 8.61. The van der Waals surface area contributed by atoms with Crippen LogP contribution in [0.4, 0.5) is 23.4 Å². The van der Waals surface area contributed by atoms with E-state index in [4.69, 9.17) is 25.8 Å². The maximum Gasteiger partial charge on any atom is 0.412 e. The predicted molar refractivity (Wildman–Crippen MR) is 200 cm³/mol. The highest BCUT2D eigenvalue weighted by Crippen LogP contribution is 2.51. The highest BCUT2D eigenvalue weighted by molar-refractivity contribution is 7.98. The van der Waals surface area contributed by atoms with E-state index in [-0.39, 0.29) is 70.7 Å². The molecule has 3 N–H and O–H groups in total. The lowest BCUT2D eigenvalue weighted by Crippen LogP contribution is -2.64. The monoisotopic (exact) mass is 788 g/mol. The summed E-state index contributed by atoms with van der Waals surface area (Å²) in [4.78, 5) is 36.2. The molecule has 0 radical (unpaired) electrons. The van der Waals surface area contributed by atoms with E-state index >= 15 is 8.78 Å². The number of benzene rings is 2. The number of hydrogen-bond acceptors (Lipinski definition) is 12. The van der Waals surface area contributed by atoms with Crippen molar-refractivity contribution in [2.75, 3.05) is 18.1 Å². The highest BCUT2D eigenvalue weighted by atomic mass is 35.5. The van der Waals surface area contributed by atoms with Crippen molar-refractivity contribution in [3.8, 4) is 28.8 Å². The fourth-order valence-electron chi connectivity index (χ4n) is 6.85. The van der Waals surface area contributed by atoms with Crippen LogP contribution in [0.25, 0.3) is 32.1 Å². The van der Waals surface area contributed by atoms with Crippen molar-refractivity contribution in [2.45, 2.75) is 102 Å². The van der Waals surface area contributed by atoms with Crippen LogP contribution in [0, 0.1) is 23.0 Å². The molecule has 2 fully saturated rings. The first-order valence-corrected chi connectivity index (χ1v) is 19.3. The SMILES string of the molecule is CSc1nc(O)c2c(O[C@@H](C)[C@H]3NC[C@H]4CC[C@@H]3N4C(=O)OC(C)(C)C)c(Cl)c(-c3ccc(F)c4sc(NC(=O)OC(C)(C)C)c(C#N)c34)c(F)c2n1. The van der Waals surface area contributed by atoms with E-state index in [0.717, 1.165) is 35.6 Å². The van der Waals surface area contributed by atoms with Gasteiger partial charge in [-0.15, -0.1) is 11.3 Å². The van der Waals surface area contributed by atoms with Crippen LogP contribution in [-0.4, -0.2) is 80.4 Å². The Labute approximate surface area is 318 Å². The number of nitrogens with one attached hydrogen (secondary N) is 2. The number of rotatable bonds is 6. The van der Waals surface area contributed by atoms with Crippen molar-refractivity contribution >= 4 is 72.9 Å². The number of thioether (sulfide) groups is 1. The number of anilines is 1. The molecule has 0 saturated carbocycles. The first kappa shape index (κ1) is 38.6. The Kier molecular flexibility index (Phi) is 10.4. The van der Waals surface area contributed by atoms with Crippen LogP contribution in [-0.2, 0) is 9.47 Å². The zero-order valence-corrected chi connectivity index (χ0v) is 32.7. The maximum absolute atomic E-state index is 17.0. The normalized spacial score (nSPS) is 19.3. The topological polar surface area (TPSA) is 159 Å². The Morgan fingerprint density at radius 2 is 1.85 bits per heavy atom. The first-order valence-electron chi connectivity index (χ1n) is 16.9. The largest absolute Gasteiger partial charge is 0.493 e. The average Bonchev–Trinajstić information content (AvgIpc) is 3.57. The lowest BCUT2D eigenvalue weighted by molar-refractivity contribution is -0.00464. The van der Waals surface area contributed by atoms with E-state index < -0.39 is 53.0 Å². The number of thiophene rings is 1. The van der Waals surface area contributed by atoms with Gasteiger partial charge in [0.05, 0.1) is 27.4 Å². The van der Waals surface area contributed by atoms with Gasteiger partial charge < -0.3 is 24.6 Å². The van der Waals surface area contributed by atoms with Gasteiger partial charge in [-0.25, -0.2) is 23.4 Å². The third kappa shape index (κ3) is 7.36. The van der Waals surface area contributed by atoms with Gasteiger partial charge >= 0.3 is 12.2 Å². The summed E-state index contributed by atoms with van der Waals surface area (Å²) in [6.45, 7) is 12.7. The Hall–Kier alpha value is -4.17. The summed E-state index contributed by atoms with van der Waals surface area (Å²) in [6.07, 6.45) is 1.06. The Morgan fingerprint density at radius 3 is 2.49 bits per heavy atom. The summed E-state index contributed by atoms with van der Waals surface area (Å²) in [5.41, 5.74) is -2.28. The second-order valence-corrected chi connectivity index (χ2v) is 17.0. The van der Waals surface area contributed by atoms with Crippen molar-refractivity contribution in [3.63, 3.8) is 0 Å². The number of nitrogens with zero attached hydrogens (tertiary/aromatic N) is 4. The van der Waals surface area contributed by atoms with E-state index in [1.54, 1.807) is 59.6 Å². The second kappa shape index (κ2) is 14.2. The van der Waals surface area contributed by atoms with Gasteiger partial charge in [0.1, 0.15) is 45.1 Å². The molecule has 0 unspecified atom stereocenters. The Morgan fingerprint density at radius 1 is 1.15 bits per heavy atom. The van der Waals surface area contributed by atoms with E-state index in [0.29, 0.717) is 13.0 Å². The molecule has 0 aliphatic carbocycles. The summed E-state index contributed by atoms with van der Waals surface area (Å²) in [5.74, 6) is -2.43. The summed E-state index contributed by atoms with van der Waals surface area (Å²) in [5, 5.41) is 27.0. The standard InChI is InChI=1S/C36H39ClF2N6O6S2/c1-15(26-20-12-9-16(14-41-26)45(20)34(48)51-36(5,6)7)49-28-23-27(42-32(52-8)43-30(23)46)25(39)22(24(28)37)17-10-11-19(38)29-21(17)18(13-40)31(53-29)44-33(47)50-35(2,3)4/h10-11,15-16,20,26,41H,9,12,14H2,1-8H3,(H,44,47)(H,42,43,46)/t15-,16+,20-,26+/m0/s1. The molecule has 4 atom stereocenters. The number of aromatic hydroxyl groups is 1. The van der Waals surface area contributed by atoms with E-state index in [9.17, 15) is 20.0 Å². The highest BCUT2D eigenvalue weighted by Gasteiger charge is 2.48. The van der Waals surface area contributed by atoms with Crippen molar-refractivity contribution < 1.29 is 37.7 Å². The number of fused-ring (bicyclic) bond motifs is 4. The lowest BCUT2D eigenvalue weighted by atomic mass is 9.96. The van der Waals surface area contributed by atoms with Gasteiger partial charge in [-0.1, -0.05) is 29.4 Å². The average molecular weight is 789 g/mol. The molecule has 0 spiro atoms. The number of amides is 2. The van der Waals surface area contributed by atoms with Gasteiger partial charge in [0, 0.05) is 23.5 Å². The van der Waals surface area contributed by atoms with Gasteiger partial charge in [-0.05, 0) is 79.2 Å². The molecule has 17 heteroatoms. The molecule has 2 aliphatic rings. The smallest absolute Gasteiger partial charge is 0.412 e. The summed E-state index contributed by atoms with van der Waals surface area (Å²) < 4.78 is 50.0. The van der Waals surface area contributed by atoms with E-state index in [1.165, 1.54) is 6.07 Å². The number of nitriles is 1. The molecule has 2 saturated heterocycles. The molecule has 2 aliphatic heterocycles. The van der Waals surface area contributed by atoms with Crippen LogP contribution < -0.4 is 15.4 Å². The van der Waals surface area contributed by atoms with Crippen LogP contribution in [0.1, 0.15) is 66.9 Å². The number of carbonyl (C=O) groups excluding carboxylic acids is 2. The zero-order valence-electron chi connectivity index (χ0n) is 30.3. The quantitative estimate of drug-likeness (QED) is 0.127. The molecule has 2 aromatic heterocycles. The van der Waals surface area contributed by atoms with Crippen molar-refractivity contribution in [1.82, 2.24) is 20.2 Å². The number of ether oxygens (including phenoxy) is 3. The van der Waals surface area contributed by atoms with E-state index in [1.807, 2.05) is 6.07 Å². The fraction of sp³-hybridized carbons (Fsp3) is 0.472. The summed E-state index contributed by atoms with van der Waals surface area (Å²) in [6, 6.07) is 3.58. The van der Waals surface area contributed by atoms with Crippen LogP contribution in [0.2, 0.25) is 5.02 Å². The molecule has 2 bridgehead atoms. The Balaban J connectivity index is 1.50. The first-order chi connectivity index (χ1) is 24.8. The molecule has 12 nitrogen and oxygen atoms in total. The van der Waals surface area contributed by atoms with Gasteiger partial charge in [0.15, 0.2) is 16.7 Å². The third-order valence-electron chi connectivity index (χ3n) is 8.88.